The number of nitrogens with zero attached hydrogens (tertiary/aromatic N) is 2. The Bertz CT molecular complexity index is 561. The summed E-state index contributed by atoms with van der Waals surface area (Å²) in [4.78, 5) is 35.0. The number of ether oxygens (including phenoxy) is 1. The molecule has 1 aromatic rings. The van der Waals surface area contributed by atoms with Crippen molar-refractivity contribution < 1.29 is 19.2 Å². The minimum absolute atomic E-state index is 0.0720. The Balaban J connectivity index is 2.80. The number of carbonyl (C=O) groups excluding carboxylic acids is 2. The molecule has 0 aromatic heterocycles. The molecule has 21 heavy (non-hydrogen) atoms. The monoisotopic (exact) mass is 358 g/mol. The van der Waals surface area contributed by atoms with Crippen LogP contribution in [0.15, 0.2) is 22.7 Å². The molecule has 0 aliphatic rings. The van der Waals surface area contributed by atoms with E-state index in [-0.39, 0.29) is 30.8 Å². The lowest BCUT2D eigenvalue weighted by Gasteiger charge is -2.17. The molecule has 0 bridgehead atoms. The van der Waals surface area contributed by atoms with Gasteiger partial charge in [-0.15, -0.1) is 0 Å². The van der Waals surface area contributed by atoms with E-state index in [1.807, 2.05) is 0 Å². The first kappa shape index (κ1) is 17.1. The zero-order chi connectivity index (χ0) is 16.0. The number of esters is 1. The number of nitro benzene ring substituents is 1. The molecule has 0 saturated heterocycles. The molecule has 0 spiro atoms. The van der Waals surface area contributed by atoms with Crippen LogP contribution in [0.3, 0.4) is 0 Å². The summed E-state index contributed by atoms with van der Waals surface area (Å²) in [5.74, 6) is -0.801. The molecule has 0 aliphatic carbocycles. The Morgan fingerprint density at radius 3 is 2.67 bits per heavy atom. The first-order valence-corrected chi connectivity index (χ1v) is 7.01. The van der Waals surface area contributed by atoms with Gasteiger partial charge in [-0.2, -0.15) is 0 Å². The molecule has 1 amide bonds. The lowest BCUT2D eigenvalue weighted by atomic mass is 10.1. The van der Waals surface area contributed by atoms with Crippen molar-refractivity contribution in [3.05, 3.63) is 38.3 Å². The Labute approximate surface area is 130 Å². The minimum atomic E-state index is -0.568. The highest BCUT2D eigenvalue weighted by Gasteiger charge is 2.19. The number of carbonyl (C=O) groups is 2. The molecule has 7 nitrogen and oxygen atoms in total. The van der Waals surface area contributed by atoms with Crippen molar-refractivity contribution in [2.45, 2.75) is 13.3 Å². The summed E-state index contributed by atoms with van der Waals surface area (Å²) in [6.45, 7) is 2.16. The Kier molecular flexibility index (Phi) is 6.29. The van der Waals surface area contributed by atoms with Crippen molar-refractivity contribution in [3.63, 3.8) is 0 Å². The fraction of sp³-hybridized carbons (Fsp3) is 0.385. The third kappa shape index (κ3) is 4.82. The summed E-state index contributed by atoms with van der Waals surface area (Å²) in [6, 6.07) is 3.96. The minimum Gasteiger partial charge on any atom is -0.466 e. The summed E-state index contributed by atoms with van der Waals surface area (Å²) in [6.07, 6.45) is 0.0720. The highest BCUT2D eigenvalue weighted by Crippen LogP contribution is 2.23. The average Bonchev–Trinajstić information content (AvgIpc) is 2.44. The van der Waals surface area contributed by atoms with Crippen LogP contribution in [0, 0.1) is 10.1 Å². The first-order chi connectivity index (χ1) is 9.86. The fourth-order valence-corrected chi connectivity index (χ4v) is 2.01. The number of rotatable bonds is 6. The SMILES string of the molecule is CCOC(=O)CCN(C)C(=O)c1cc([N+](=O)[O-])ccc1Br. The molecule has 0 N–H and O–H groups in total. The van der Waals surface area contributed by atoms with Crippen LogP contribution in [-0.4, -0.2) is 41.9 Å². The van der Waals surface area contributed by atoms with Crippen LogP contribution in [0.4, 0.5) is 5.69 Å². The second-order valence-corrected chi connectivity index (χ2v) is 5.06. The van der Waals surface area contributed by atoms with Crippen molar-refractivity contribution in [1.82, 2.24) is 4.90 Å². The normalized spacial score (nSPS) is 10.0. The van der Waals surface area contributed by atoms with E-state index in [1.165, 1.54) is 30.1 Å². The van der Waals surface area contributed by atoms with Gasteiger partial charge in [0.1, 0.15) is 0 Å². The summed E-state index contributed by atoms with van der Waals surface area (Å²) < 4.78 is 5.24. The van der Waals surface area contributed by atoms with Gasteiger partial charge in [-0.05, 0) is 28.9 Å². The topological polar surface area (TPSA) is 89.8 Å². The third-order valence-corrected chi connectivity index (χ3v) is 3.39. The Morgan fingerprint density at radius 2 is 2.10 bits per heavy atom. The van der Waals surface area contributed by atoms with Gasteiger partial charge in [0, 0.05) is 30.2 Å². The molecule has 0 unspecified atom stereocenters. The number of amides is 1. The number of hydrogen-bond donors (Lipinski definition) is 0. The molecule has 114 valence electrons. The zero-order valence-electron chi connectivity index (χ0n) is 11.7. The van der Waals surface area contributed by atoms with E-state index in [1.54, 1.807) is 6.92 Å². The van der Waals surface area contributed by atoms with E-state index in [0.717, 1.165) is 0 Å². The van der Waals surface area contributed by atoms with Gasteiger partial charge >= 0.3 is 5.97 Å². The standard InChI is InChI=1S/C13H15BrN2O5/c1-3-21-12(17)6-7-15(2)13(18)10-8-9(16(19)20)4-5-11(10)14/h4-5,8H,3,6-7H2,1-2H3. The van der Waals surface area contributed by atoms with E-state index < -0.39 is 16.8 Å². The lowest BCUT2D eigenvalue weighted by molar-refractivity contribution is -0.384. The number of non-ortho nitro benzene ring substituents is 1. The molecule has 0 saturated carbocycles. The van der Waals surface area contributed by atoms with Crippen LogP contribution in [0.1, 0.15) is 23.7 Å². The fourth-order valence-electron chi connectivity index (χ4n) is 1.59. The van der Waals surface area contributed by atoms with Gasteiger partial charge in [0.15, 0.2) is 0 Å². The molecular weight excluding hydrogens is 344 g/mol. The second-order valence-electron chi connectivity index (χ2n) is 4.20. The molecule has 8 heteroatoms. The van der Waals surface area contributed by atoms with Crippen molar-refractivity contribution in [2.75, 3.05) is 20.2 Å². The van der Waals surface area contributed by atoms with Gasteiger partial charge in [0.2, 0.25) is 0 Å². The van der Waals surface area contributed by atoms with Gasteiger partial charge in [-0.25, -0.2) is 0 Å². The molecule has 0 radical (unpaired) electrons. The van der Waals surface area contributed by atoms with Crippen LogP contribution < -0.4 is 0 Å². The smallest absolute Gasteiger partial charge is 0.307 e. The highest BCUT2D eigenvalue weighted by atomic mass is 79.9. The number of hydrogen-bond acceptors (Lipinski definition) is 5. The molecule has 0 fully saturated rings. The maximum absolute atomic E-state index is 12.2. The first-order valence-electron chi connectivity index (χ1n) is 6.21. The van der Waals surface area contributed by atoms with Crippen molar-refractivity contribution in [3.8, 4) is 0 Å². The van der Waals surface area contributed by atoms with Crippen molar-refractivity contribution >= 4 is 33.5 Å². The van der Waals surface area contributed by atoms with Gasteiger partial charge in [-0.1, -0.05) is 0 Å². The predicted octanol–water partition coefficient (Wildman–Crippen LogP) is 2.38. The molecule has 0 aliphatic heterocycles. The molecule has 0 heterocycles. The predicted molar refractivity (Wildman–Crippen MR) is 79.0 cm³/mol. The van der Waals surface area contributed by atoms with Crippen LogP contribution in [-0.2, 0) is 9.53 Å². The van der Waals surface area contributed by atoms with Crippen LogP contribution in [0.25, 0.3) is 0 Å². The van der Waals surface area contributed by atoms with E-state index in [4.69, 9.17) is 4.74 Å². The number of halogens is 1. The van der Waals surface area contributed by atoms with Gasteiger partial charge < -0.3 is 9.64 Å². The highest BCUT2D eigenvalue weighted by molar-refractivity contribution is 9.10. The number of benzene rings is 1. The summed E-state index contributed by atoms with van der Waals surface area (Å²) in [7, 11) is 1.52. The summed E-state index contributed by atoms with van der Waals surface area (Å²) in [5, 5.41) is 10.7. The van der Waals surface area contributed by atoms with E-state index >= 15 is 0 Å². The quantitative estimate of drug-likeness (QED) is 0.442. The van der Waals surface area contributed by atoms with Gasteiger partial charge in [0.25, 0.3) is 11.6 Å². The maximum Gasteiger partial charge on any atom is 0.307 e. The van der Waals surface area contributed by atoms with Crippen molar-refractivity contribution in [2.24, 2.45) is 0 Å². The van der Waals surface area contributed by atoms with E-state index in [2.05, 4.69) is 15.9 Å². The maximum atomic E-state index is 12.2. The largest absolute Gasteiger partial charge is 0.466 e. The van der Waals surface area contributed by atoms with Crippen LogP contribution >= 0.6 is 15.9 Å². The lowest BCUT2D eigenvalue weighted by Crippen LogP contribution is -2.29. The second kappa shape index (κ2) is 7.72. The Morgan fingerprint density at radius 1 is 1.43 bits per heavy atom. The molecular formula is C13H15BrN2O5. The third-order valence-electron chi connectivity index (χ3n) is 2.69. The Hall–Kier alpha value is -1.96. The van der Waals surface area contributed by atoms with E-state index in [0.29, 0.717) is 4.47 Å². The van der Waals surface area contributed by atoms with Crippen LogP contribution in [0.2, 0.25) is 0 Å². The van der Waals surface area contributed by atoms with Gasteiger partial charge in [-0.3, -0.25) is 19.7 Å². The molecule has 1 aromatic carbocycles. The number of nitro groups is 1. The molecule has 1 rings (SSSR count). The zero-order valence-corrected chi connectivity index (χ0v) is 13.3. The molecule has 0 atom stereocenters. The van der Waals surface area contributed by atoms with E-state index in [9.17, 15) is 19.7 Å². The van der Waals surface area contributed by atoms with Crippen LogP contribution in [0.5, 0.6) is 0 Å². The van der Waals surface area contributed by atoms with Crippen molar-refractivity contribution in [1.29, 1.82) is 0 Å². The summed E-state index contributed by atoms with van der Waals surface area (Å²) >= 11 is 3.19. The average molecular weight is 359 g/mol. The summed E-state index contributed by atoms with van der Waals surface area (Å²) in [5.41, 5.74) is 0.0101. The van der Waals surface area contributed by atoms with Gasteiger partial charge in [0.05, 0.1) is 23.5 Å².